The van der Waals surface area contributed by atoms with E-state index in [4.69, 9.17) is 4.52 Å². The molecule has 0 aliphatic heterocycles. The average molecular weight is 243 g/mol. The molecular weight excluding hydrogens is 222 g/mol. The molecule has 92 valence electrons. The molecule has 0 bridgehead atoms. The van der Waals surface area contributed by atoms with Crippen LogP contribution in [0.25, 0.3) is 0 Å². The lowest BCUT2D eigenvalue weighted by molar-refractivity contribution is 0.371. The molecule has 0 aliphatic carbocycles. The standard InChI is InChI=1S/C11H21N3OS/c1-4-9(2)16-8-10-13-11(15-14-10)6-5-7-12-3/h9,12H,4-8H2,1-3H3. The SMILES string of the molecule is CCC(C)SCc1noc(CCCNC)n1. The van der Waals surface area contributed by atoms with Crippen LogP contribution in [0.2, 0.25) is 0 Å². The lowest BCUT2D eigenvalue weighted by atomic mass is 10.3. The maximum Gasteiger partial charge on any atom is 0.226 e. The predicted molar refractivity (Wildman–Crippen MR) is 67.6 cm³/mol. The summed E-state index contributed by atoms with van der Waals surface area (Å²) in [5.74, 6) is 2.43. The van der Waals surface area contributed by atoms with E-state index in [0.717, 1.165) is 36.9 Å². The molecule has 0 aliphatic rings. The van der Waals surface area contributed by atoms with Gasteiger partial charge in [0.1, 0.15) is 0 Å². The maximum absolute atomic E-state index is 5.17. The van der Waals surface area contributed by atoms with Gasteiger partial charge in [-0.3, -0.25) is 0 Å². The first kappa shape index (κ1) is 13.5. The van der Waals surface area contributed by atoms with Gasteiger partial charge in [0.05, 0.1) is 5.75 Å². The Morgan fingerprint density at radius 1 is 1.50 bits per heavy atom. The van der Waals surface area contributed by atoms with Crippen LogP contribution in [-0.2, 0) is 12.2 Å². The first-order chi connectivity index (χ1) is 7.76. The smallest absolute Gasteiger partial charge is 0.226 e. The summed E-state index contributed by atoms with van der Waals surface area (Å²) in [4.78, 5) is 4.36. The van der Waals surface area contributed by atoms with Gasteiger partial charge in [-0.2, -0.15) is 16.7 Å². The summed E-state index contributed by atoms with van der Waals surface area (Å²) < 4.78 is 5.17. The molecule has 0 saturated heterocycles. The van der Waals surface area contributed by atoms with Crippen molar-refractivity contribution in [1.29, 1.82) is 0 Å². The highest BCUT2D eigenvalue weighted by Gasteiger charge is 2.07. The van der Waals surface area contributed by atoms with E-state index in [2.05, 4.69) is 29.3 Å². The van der Waals surface area contributed by atoms with Crippen LogP contribution in [0.3, 0.4) is 0 Å². The second-order valence-corrected chi connectivity index (χ2v) is 5.27. The molecule has 1 atom stereocenters. The summed E-state index contributed by atoms with van der Waals surface area (Å²) in [7, 11) is 1.95. The number of aryl methyl sites for hydroxylation is 1. The molecule has 0 fully saturated rings. The summed E-state index contributed by atoms with van der Waals surface area (Å²) in [6, 6.07) is 0. The Hall–Kier alpha value is -0.550. The van der Waals surface area contributed by atoms with E-state index in [9.17, 15) is 0 Å². The molecule has 0 saturated carbocycles. The third-order valence-corrected chi connectivity index (χ3v) is 3.73. The zero-order valence-electron chi connectivity index (χ0n) is 10.3. The fourth-order valence-electron chi connectivity index (χ4n) is 1.20. The molecule has 1 aromatic heterocycles. The fourth-order valence-corrected chi connectivity index (χ4v) is 1.99. The van der Waals surface area contributed by atoms with Crippen LogP contribution in [0.4, 0.5) is 0 Å². The monoisotopic (exact) mass is 243 g/mol. The van der Waals surface area contributed by atoms with Crippen LogP contribution in [-0.4, -0.2) is 29.0 Å². The van der Waals surface area contributed by atoms with E-state index < -0.39 is 0 Å². The van der Waals surface area contributed by atoms with Gasteiger partial charge in [-0.25, -0.2) is 0 Å². The first-order valence-electron chi connectivity index (χ1n) is 5.84. The lowest BCUT2D eigenvalue weighted by Gasteiger charge is -2.04. The van der Waals surface area contributed by atoms with Crippen molar-refractivity contribution in [2.24, 2.45) is 0 Å². The molecule has 16 heavy (non-hydrogen) atoms. The van der Waals surface area contributed by atoms with Crippen molar-refractivity contribution in [3.05, 3.63) is 11.7 Å². The van der Waals surface area contributed by atoms with Crippen LogP contribution in [0.15, 0.2) is 4.52 Å². The van der Waals surface area contributed by atoms with Crippen molar-refractivity contribution in [2.75, 3.05) is 13.6 Å². The van der Waals surface area contributed by atoms with Crippen molar-refractivity contribution in [2.45, 2.75) is 44.1 Å². The Morgan fingerprint density at radius 3 is 3.00 bits per heavy atom. The van der Waals surface area contributed by atoms with Gasteiger partial charge < -0.3 is 9.84 Å². The van der Waals surface area contributed by atoms with E-state index >= 15 is 0 Å². The minimum absolute atomic E-state index is 0.659. The number of nitrogens with zero attached hydrogens (tertiary/aromatic N) is 2. The van der Waals surface area contributed by atoms with Gasteiger partial charge in [-0.1, -0.05) is 19.0 Å². The summed E-state index contributed by atoms with van der Waals surface area (Å²) >= 11 is 1.87. The zero-order valence-corrected chi connectivity index (χ0v) is 11.1. The quantitative estimate of drug-likeness (QED) is 0.710. The number of aromatic nitrogens is 2. The van der Waals surface area contributed by atoms with Crippen molar-refractivity contribution in [3.8, 4) is 0 Å². The van der Waals surface area contributed by atoms with Gasteiger partial charge in [-0.05, 0) is 26.4 Å². The van der Waals surface area contributed by atoms with Crippen LogP contribution < -0.4 is 5.32 Å². The summed E-state index contributed by atoms with van der Waals surface area (Å²) in [6.07, 6.45) is 3.08. The van der Waals surface area contributed by atoms with E-state index in [1.807, 2.05) is 18.8 Å². The van der Waals surface area contributed by atoms with Gasteiger partial charge in [-0.15, -0.1) is 0 Å². The minimum atomic E-state index is 0.659. The molecule has 1 unspecified atom stereocenters. The molecule has 0 radical (unpaired) electrons. The Kier molecular flexibility index (Phi) is 6.49. The number of hydrogen-bond donors (Lipinski definition) is 1. The topological polar surface area (TPSA) is 51.0 Å². The molecule has 4 nitrogen and oxygen atoms in total. The van der Waals surface area contributed by atoms with Crippen molar-refractivity contribution in [1.82, 2.24) is 15.5 Å². The van der Waals surface area contributed by atoms with Crippen LogP contribution in [0.5, 0.6) is 0 Å². The van der Waals surface area contributed by atoms with Gasteiger partial charge in [0, 0.05) is 11.7 Å². The molecule has 0 aromatic carbocycles. The molecular formula is C11H21N3OS. The number of hydrogen-bond acceptors (Lipinski definition) is 5. The summed E-state index contributed by atoms with van der Waals surface area (Å²) in [6.45, 7) is 5.40. The van der Waals surface area contributed by atoms with Gasteiger partial charge in [0.25, 0.3) is 0 Å². The maximum atomic E-state index is 5.17. The van der Waals surface area contributed by atoms with Crippen molar-refractivity contribution >= 4 is 11.8 Å². The van der Waals surface area contributed by atoms with E-state index in [-0.39, 0.29) is 0 Å². The summed E-state index contributed by atoms with van der Waals surface area (Å²) in [5, 5.41) is 7.73. The van der Waals surface area contributed by atoms with E-state index in [0.29, 0.717) is 5.25 Å². The highest BCUT2D eigenvalue weighted by Crippen LogP contribution is 2.18. The average Bonchev–Trinajstić information content (AvgIpc) is 2.74. The second-order valence-electron chi connectivity index (χ2n) is 3.84. The first-order valence-corrected chi connectivity index (χ1v) is 6.88. The Labute approximate surface area is 102 Å². The summed E-state index contributed by atoms with van der Waals surface area (Å²) in [5.41, 5.74) is 0. The Balaban J connectivity index is 2.28. The molecule has 1 heterocycles. The Bertz CT molecular complexity index is 291. The van der Waals surface area contributed by atoms with Gasteiger partial charge >= 0.3 is 0 Å². The largest absolute Gasteiger partial charge is 0.339 e. The lowest BCUT2D eigenvalue weighted by Crippen LogP contribution is -2.08. The van der Waals surface area contributed by atoms with Crippen molar-refractivity contribution in [3.63, 3.8) is 0 Å². The number of thioether (sulfide) groups is 1. The number of rotatable bonds is 8. The molecule has 5 heteroatoms. The van der Waals surface area contributed by atoms with Gasteiger partial charge in [0.15, 0.2) is 5.82 Å². The van der Waals surface area contributed by atoms with Crippen LogP contribution >= 0.6 is 11.8 Å². The van der Waals surface area contributed by atoms with E-state index in [1.54, 1.807) is 0 Å². The van der Waals surface area contributed by atoms with Crippen LogP contribution in [0, 0.1) is 0 Å². The van der Waals surface area contributed by atoms with Gasteiger partial charge in [0.2, 0.25) is 5.89 Å². The predicted octanol–water partition coefficient (Wildman–Crippen LogP) is 2.25. The molecule has 0 amide bonds. The van der Waals surface area contributed by atoms with E-state index in [1.165, 1.54) is 6.42 Å². The third kappa shape index (κ3) is 4.99. The zero-order chi connectivity index (χ0) is 11.8. The van der Waals surface area contributed by atoms with Crippen LogP contribution in [0.1, 0.15) is 38.4 Å². The Morgan fingerprint density at radius 2 is 2.31 bits per heavy atom. The molecule has 0 spiro atoms. The molecule has 1 rings (SSSR count). The normalized spacial score (nSPS) is 12.9. The highest BCUT2D eigenvalue weighted by atomic mass is 32.2. The minimum Gasteiger partial charge on any atom is -0.339 e. The fraction of sp³-hybridized carbons (Fsp3) is 0.818. The number of nitrogens with one attached hydrogen (secondary N) is 1. The molecule has 1 N–H and O–H groups in total. The highest BCUT2D eigenvalue weighted by molar-refractivity contribution is 7.99. The second kappa shape index (κ2) is 7.68. The molecule has 1 aromatic rings. The van der Waals surface area contributed by atoms with Crippen molar-refractivity contribution < 1.29 is 4.52 Å². The third-order valence-electron chi connectivity index (χ3n) is 2.40.